The van der Waals surface area contributed by atoms with E-state index in [1.165, 1.54) is 10.9 Å². The molecule has 0 saturated heterocycles. The van der Waals surface area contributed by atoms with Crippen molar-refractivity contribution in [2.24, 2.45) is 0 Å². The van der Waals surface area contributed by atoms with Gasteiger partial charge < -0.3 is 4.74 Å². The van der Waals surface area contributed by atoms with Gasteiger partial charge in [-0.1, -0.05) is 47.3 Å². The lowest BCUT2D eigenvalue weighted by atomic mass is 10.4. The predicted octanol–water partition coefficient (Wildman–Crippen LogP) is 5.11. The van der Waals surface area contributed by atoms with Gasteiger partial charge >= 0.3 is 0 Å². The number of aromatic nitrogens is 2. The third-order valence-corrected chi connectivity index (χ3v) is 6.22. The fourth-order valence-electron chi connectivity index (χ4n) is 1.66. The molecule has 1 heterocycles. The minimum atomic E-state index is -1.02. The number of nitrogens with zero attached hydrogens (tertiary/aromatic N) is 2. The zero-order valence-corrected chi connectivity index (χ0v) is 16.1. The molecule has 0 spiro atoms. The molecule has 1 aromatic carbocycles. The van der Waals surface area contributed by atoms with Crippen LogP contribution >= 0.6 is 27.7 Å². The molecule has 0 aliphatic rings. The van der Waals surface area contributed by atoms with E-state index >= 15 is 0 Å². The Bertz CT molecular complexity index is 566. The highest BCUT2D eigenvalue weighted by molar-refractivity contribution is 9.10. The molecule has 6 heteroatoms. The third kappa shape index (κ3) is 5.98. The number of hydrogen-bond acceptors (Lipinski definition) is 3. The molecular formula is C15H21BrN2OSSi. The summed E-state index contributed by atoms with van der Waals surface area (Å²) in [6.45, 7) is 8.42. The van der Waals surface area contributed by atoms with Crippen molar-refractivity contribution in [2.75, 3.05) is 6.61 Å². The Morgan fingerprint density at radius 1 is 1.19 bits per heavy atom. The van der Waals surface area contributed by atoms with Gasteiger partial charge in [0.1, 0.15) is 11.8 Å². The van der Waals surface area contributed by atoms with Crippen LogP contribution in [-0.4, -0.2) is 24.5 Å². The summed E-state index contributed by atoms with van der Waals surface area (Å²) in [6.07, 6.45) is 1.82. The monoisotopic (exact) mass is 384 g/mol. The molecule has 0 N–H and O–H groups in total. The van der Waals surface area contributed by atoms with Crippen LogP contribution in [0.5, 0.6) is 0 Å². The van der Waals surface area contributed by atoms with Gasteiger partial charge in [0.15, 0.2) is 0 Å². The van der Waals surface area contributed by atoms with E-state index in [2.05, 4.69) is 52.8 Å². The van der Waals surface area contributed by atoms with Crippen LogP contribution in [-0.2, 0) is 11.5 Å². The summed E-state index contributed by atoms with van der Waals surface area (Å²) in [5, 5.41) is 5.44. The maximum atomic E-state index is 5.77. The van der Waals surface area contributed by atoms with Crippen LogP contribution < -0.4 is 0 Å². The van der Waals surface area contributed by atoms with E-state index in [4.69, 9.17) is 4.74 Å². The SMILES string of the molecule is C[Si](C)(C)CCOCn1nccc1Sc1ccc(Br)cc1. The van der Waals surface area contributed by atoms with E-state index in [0.29, 0.717) is 6.73 Å². The molecule has 0 aliphatic carbocycles. The van der Waals surface area contributed by atoms with E-state index in [-0.39, 0.29) is 0 Å². The van der Waals surface area contributed by atoms with Crippen LogP contribution in [0.1, 0.15) is 0 Å². The summed E-state index contributed by atoms with van der Waals surface area (Å²) >= 11 is 5.15. The van der Waals surface area contributed by atoms with Gasteiger partial charge in [0, 0.05) is 24.0 Å². The lowest BCUT2D eigenvalue weighted by molar-refractivity contribution is 0.0726. The highest BCUT2D eigenvalue weighted by Crippen LogP contribution is 2.28. The number of hydrogen-bond donors (Lipinski definition) is 0. The summed E-state index contributed by atoms with van der Waals surface area (Å²) in [7, 11) is -1.02. The fourth-order valence-corrected chi connectivity index (χ4v) is 3.53. The van der Waals surface area contributed by atoms with Crippen molar-refractivity contribution in [1.29, 1.82) is 0 Å². The van der Waals surface area contributed by atoms with Gasteiger partial charge in [-0.3, -0.25) is 0 Å². The second-order valence-corrected chi connectivity index (χ2v) is 13.7. The Labute approximate surface area is 140 Å². The fraction of sp³-hybridized carbons (Fsp3) is 0.400. The molecule has 0 amide bonds. The zero-order valence-electron chi connectivity index (χ0n) is 12.7. The van der Waals surface area contributed by atoms with Gasteiger partial charge in [-0.05, 0) is 36.4 Å². The van der Waals surface area contributed by atoms with Gasteiger partial charge in [0.05, 0.1) is 6.20 Å². The Balaban J connectivity index is 1.88. The van der Waals surface area contributed by atoms with Gasteiger partial charge in [-0.15, -0.1) is 0 Å². The van der Waals surface area contributed by atoms with Gasteiger partial charge in [0.25, 0.3) is 0 Å². The van der Waals surface area contributed by atoms with Crippen LogP contribution in [0.15, 0.2) is 50.9 Å². The number of ether oxygens (including phenoxy) is 1. The molecule has 0 unspecified atom stereocenters. The van der Waals surface area contributed by atoms with Gasteiger partial charge in [0.2, 0.25) is 0 Å². The largest absolute Gasteiger partial charge is 0.359 e. The topological polar surface area (TPSA) is 27.1 Å². The highest BCUT2D eigenvalue weighted by atomic mass is 79.9. The number of halogens is 1. The van der Waals surface area contributed by atoms with E-state index in [1.807, 2.05) is 29.1 Å². The Hall–Kier alpha value is -0.563. The van der Waals surface area contributed by atoms with Crippen molar-refractivity contribution in [1.82, 2.24) is 9.78 Å². The first-order chi connectivity index (χ1) is 9.94. The van der Waals surface area contributed by atoms with Crippen molar-refractivity contribution in [3.05, 3.63) is 41.0 Å². The predicted molar refractivity (Wildman–Crippen MR) is 94.6 cm³/mol. The van der Waals surface area contributed by atoms with Crippen molar-refractivity contribution >= 4 is 35.8 Å². The summed E-state index contributed by atoms with van der Waals surface area (Å²) < 4.78 is 8.77. The first-order valence-corrected chi connectivity index (χ1v) is 12.3. The van der Waals surface area contributed by atoms with Crippen LogP contribution in [0.2, 0.25) is 25.7 Å². The molecule has 0 radical (unpaired) electrons. The van der Waals surface area contributed by atoms with Crippen molar-refractivity contribution in [3.63, 3.8) is 0 Å². The van der Waals surface area contributed by atoms with Crippen LogP contribution in [0, 0.1) is 0 Å². The minimum absolute atomic E-state index is 0.524. The molecule has 114 valence electrons. The number of benzene rings is 1. The Kier molecular flexibility index (Phi) is 6.10. The van der Waals surface area contributed by atoms with E-state index in [9.17, 15) is 0 Å². The van der Waals surface area contributed by atoms with E-state index < -0.39 is 8.07 Å². The number of rotatable bonds is 7. The normalized spacial score (nSPS) is 11.8. The summed E-state index contributed by atoms with van der Waals surface area (Å²) in [6, 6.07) is 11.5. The molecule has 0 saturated carbocycles. The van der Waals surface area contributed by atoms with Crippen molar-refractivity contribution in [3.8, 4) is 0 Å². The standard InChI is InChI=1S/C15H21BrN2OSSi/c1-21(2,3)11-10-19-12-18-15(8-9-17-18)20-14-6-4-13(16)5-7-14/h4-9H,10-12H2,1-3H3. The average molecular weight is 385 g/mol. The van der Waals surface area contributed by atoms with Gasteiger partial charge in [-0.25, -0.2) is 4.68 Å². The van der Waals surface area contributed by atoms with Crippen molar-refractivity contribution in [2.45, 2.75) is 42.3 Å². The molecule has 1 aromatic heterocycles. The third-order valence-electron chi connectivity index (χ3n) is 2.92. The van der Waals surface area contributed by atoms with E-state index in [0.717, 1.165) is 16.1 Å². The maximum Gasteiger partial charge on any atom is 0.140 e. The summed E-state index contributed by atoms with van der Waals surface area (Å²) in [4.78, 5) is 1.20. The molecule has 2 rings (SSSR count). The first-order valence-electron chi connectivity index (χ1n) is 6.97. The Morgan fingerprint density at radius 3 is 2.57 bits per heavy atom. The Morgan fingerprint density at radius 2 is 1.90 bits per heavy atom. The molecule has 0 bridgehead atoms. The first kappa shape index (κ1) is 16.8. The summed E-state index contributed by atoms with van der Waals surface area (Å²) in [5.41, 5.74) is 0. The molecule has 0 atom stereocenters. The lowest BCUT2D eigenvalue weighted by Crippen LogP contribution is -2.22. The molecular weight excluding hydrogens is 364 g/mol. The average Bonchev–Trinajstić information content (AvgIpc) is 2.84. The zero-order chi connectivity index (χ0) is 15.3. The summed E-state index contributed by atoms with van der Waals surface area (Å²) in [5.74, 6) is 0. The molecule has 3 nitrogen and oxygen atoms in total. The molecule has 21 heavy (non-hydrogen) atoms. The minimum Gasteiger partial charge on any atom is -0.359 e. The maximum absolute atomic E-state index is 5.77. The van der Waals surface area contributed by atoms with Crippen LogP contribution in [0.3, 0.4) is 0 Å². The molecule has 0 fully saturated rings. The van der Waals surface area contributed by atoms with Crippen LogP contribution in [0.25, 0.3) is 0 Å². The lowest BCUT2D eigenvalue weighted by Gasteiger charge is -2.15. The quantitative estimate of drug-likeness (QED) is 0.490. The highest BCUT2D eigenvalue weighted by Gasteiger charge is 2.12. The molecule has 2 aromatic rings. The molecule has 0 aliphatic heterocycles. The van der Waals surface area contributed by atoms with Crippen molar-refractivity contribution < 1.29 is 4.74 Å². The second-order valence-electron chi connectivity index (χ2n) is 6.07. The van der Waals surface area contributed by atoms with Crippen LogP contribution in [0.4, 0.5) is 0 Å². The van der Waals surface area contributed by atoms with E-state index in [1.54, 1.807) is 11.8 Å². The van der Waals surface area contributed by atoms with Gasteiger partial charge in [-0.2, -0.15) is 5.10 Å². The second kappa shape index (κ2) is 7.62. The smallest absolute Gasteiger partial charge is 0.140 e.